The van der Waals surface area contributed by atoms with Crippen LogP contribution < -0.4 is 5.73 Å². The van der Waals surface area contributed by atoms with Gasteiger partial charge in [0.25, 0.3) is 0 Å². The Hall–Kier alpha value is -0.860. The highest BCUT2D eigenvalue weighted by atomic mass is 16.5. The van der Waals surface area contributed by atoms with Crippen LogP contribution in [0.5, 0.6) is 0 Å². The first-order valence-electron chi connectivity index (χ1n) is 8.46. The van der Waals surface area contributed by atoms with E-state index in [0.29, 0.717) is 18.1 Å². The standard InChI is InChI=1S/C19H31NO/c1-4-5-15-6-8-16(9-7-15)18(20)14-21-17-10-12-19(2,3)13-11-17/h6-9,17-18H,4-5,10-14,20H2,1-3H3. The zero-order chi connectivity index (χ0) is 15.3. The lowest BCUT2D eigenvalue weighted by atomic mass is 9.76. The molecular formula is C19H31NO. The van der Waals surface area contributed by atoms with E-state index in [1.807, 2.05) is 0 Å². The van der Waals surface area contributed by atoms with Crippen LogP contribution in [0.2, 0.25) is 0 Å². The molecule has 2 heteroatoms. The van der Waals surface area contributed by atoms with Crippen LogP contribution in [0, 0.1) is 5.41 Å². The van der Waals surface area contributed by atoms with Gasteiger partial charge in [-0.2, -0.15) is 0 Å². The van der Waals surface area contributed by atoms with Crippen molar-refractivity contribution in [3.05, 3.63) is 35.4 Å². The highest BCUT2D eigenvalue weighted by Gasteiger charge is 2.27. The fourth-order valence-electron chi connectivity index (χ4n) is 3.10. The summed E-state index contributed by atoms with van der Waals surface area (Å²) in [6, 6.07) is 8.70. The lowest BCUT2D eigenvalue weighted by Gasteiger charge is -2.34. The number of nitrogens with two attached hydrogens (primary N) is 1. The molecule has 2 N–H and O–H groups in total. The van der Waals surface area contributed by atoms with Crippen LogP contribution in [-0.2, 0) is 11.2 Å². The fraction of sp³-hybridized carbons (Fsp3) is 0.684. The van der Waals surface area contributed by atoms with Crippen molar-refractivity contribution in [2.45, 2.75) is 71.4 Å². The number of hydrogen-bond acceptors (Lipinski definition) is 2. The minimum Gasteiger partial charge on any atom is -0.376 e. The van der Waals surface area contributed by atoms with Crippen molar-refractivity contribution in [2.75, 3.05) is 6.61 Å². The molecule has 2 nitrogen and oxygen atoms in total. The van der Waals surface area contributed by atoms with Crippen molar-refractivity contribution in [1.82, 2.24) is 0 Å². The fourth-order valence-corrected chi connectivity index (χ4v) is 3.10. The molecule has 2 rings (SSSR count). The van der Waals surface area contributed by atoms with E-state index in [9.17, 15) is 0 Å². The predicted octanol–water partition coefficient (Wildman–Crippen LogP) is 4.62. The second kappa shape index (κ2) is 7.42. The Morgan fingerprint density at radius 3 is 2.38 bits per heavy atom. The predicted molar refractivity (Wildman–Crippen MR) is 89.4 cm³/mol. The van der Waals surface area contributed by atoms with E-state index in [-0.39, 0.29) is 6.04 Å². The highest BCUT2D eigenvalue weighted by Crippen LogP contribution is 2.36. The van der Waals surface area contributed by atoms with E-state index in [1.165, 1.54) is 43.2 Å². The minimum atomic E-state index is -0.00406. The van der Waals surface area contributed by atoms with Gasteiger partial charge in [0, 0.05) is 0 Å². The number of benzene rings is 1. The summed E-state index contributed by atoms with van der Waals surface area (Å²) in [6.07, 6.45) is 7.61. The first-order valence-corrected chi connectivity index (χ1v) is 8.46. The molecule has 0 bridgehead atoms. The highest BCUT2D eigenvalue weighted by molar-refractivity contribution is 5.25. The lowest BCUT2D eigenvalue weighted by molar-refractivity contribution is -0.00184. The van der Waals surface area contributed by atoms with Crippen molar-refractivity contribution in [2.24, 2.45) is 11.1 Å². The van der Waals surface area contributed by atoms with Gasteiger partial charge in [-0.05, 0) is 48.6 Å². The molecule has 1 saturated carbocycles. The van der Waals surface area contributed by atoms with E-state index in [4.69, 9.17) is 10.5 Å². The van der Waals surface area contributed by atoms with E-state index in [0.717, 1.165) is 6.42 Å². The summed E-state index contributed by atoms with van der Waals surface area (Å²) < 4.78 is 6.05. The van der Waals surface area contributed by atoms with Crippen molar-refractivity contribution < 1.29 is 4.74 Å². The largest absolute Gasteiger partial charge is 0.376 e. The average Bonchev–Trinajstić information content (AvgIpc) is 2.47. The number of ether oxygens (including phenoxy) is 1. The van der Waals surface area contributed by atoms with Crippen LogP contribution in [-0.4, -0.2) is 12.7 Å². The molecule has 1 aliphatic rings. The van der Waals surface area contributed by atoms with Gasteiger partial charge in [-0.25, -0.2) is 0 Å². The van der Waals surface area contributed by atoms with Gasteiger partial charge in [-0.1, -0.05) is 51.5 Å². The molecule has 1 unspecified atom stereocenters. The molecule has 0 saturated heterocycles. The summed E-state index contributed by atoms with van der Waals surface area (Å²) in [4.78, 5) is 0. The maximum absolute atomic E-state index is 6.26. The Labute approximate surface area is 130 Å². The van der Waals surface area contributed by atoms with Gasteiger partial charge in [-0.15, -0.1) is 0 Å². The van der Waals surface area contributed by atoms with Crippen LogP contribution in [0.1, 0.15) is 70.0 Å². The van der Waals surface area contributed by atoms with Crippen molar-refractivity contribution in [3.8, 4) is 0 Å². The molecule has 0 aromatic heterocycles. The van der Waals surface area contributed by atoms with Crippen LogP contribution in [0.4, 0.5) is 0 Å². The summed E-state index contributed by atoms with van der Waals surface area (Å²) in [6.45, 7) is 7.55. The zero-order valence-electron chi connectivity index (χ0n) is 13.9. The Morgan fingerprint density at radius 1 is 1.19 bits per heavy atom. The maximum atomic E-state index is 6.26. The summed E-state index contributed by atoms with van der Waals surface area (Å²) in [5.74, 6) is 0. The Balaban J connectivity index is 1.78. The van der Waals surface area contributed by atoms with Gasteiger partial charge in [0.1, 0.15) is 0 Å². The molecule has 0 aliphatic heterocycles. The molecule has 118 valence electrons. The normalized spacial score (nSPS) is 20.4. The second-order valence-electron chi connectivity index (χ2n) is 7.29. The van der Waals surface area contributed by atoms with Gasteiger partial charge in [0.15, 0.2) is 0 Å². The first kappa shape index (κ1) is 16.5. The molecule has 1 atom stereocenters. The van der Waals surface area contributed by atoms with E-state index in [2.05, 4.69) is 45.0 Å². The molecule has 0 radical (unpaired) electrons. The molecule has 21 heavy (non-hydrogen) atoms. The smallest absolute Gasteiger partial charge is 0.0663 e. The Morgan fingerprint density at radius 2 is 1.81 bits per heavy atom. The third-order valence-corrected chi connectivity index (χ3v) is 4.74. The molecule has 0 heterocycles. The zero-order valence-corrected chi connectivity index (χ0v) is 13.9. The van der Waals surface area contributed by atoms with Gasteiger partial charge in [0.2, 0.25) is 0 Å². The van der Waals surface area contributed by atoms with Crippen LogP contribution in [0.25, 0.3) is 0 Å². The van der Waals surface area contributed by atoms with Gasteiger partial charge in [-0.3, -0.25) is 0 Å². The molecule has 0 spiro atoms. The quantitative estimate of drug-likeness (QED) is 0.829. The Bertz CT molecular complexity index is 414. The number of hydrogen-bond donors (Lipinski definition) is 1. The monoisotopic (exact) mass is 289 g/mol. The molecule has 1 fully saturated rings. The van der Waals surface area contributed by atoms with Crippen LogP contribution >= 0.6 is 0 Å². The van der Waals surface area contributed by atoms with E-state index < -0.39 is 0 Å². The SMILES string of the molecule is CCCc1ccc(C(N)COC2CCC(C)(C)CC2)cc1. The third kappa shape index (κ3) is 5.12. The van der Waals surface area contributed by atoms with Gasteiger partial charge >= 0.3 is 0 Å². The van der Waals surface area contributed by atoms with E-state index in [1.54, 1.807) is 0 Å². The molecule has 1 aliphatic carbocycles. The summed E-state index contributed by atoms with van der Waals surface area (Å²) in [5.41, 5.74) is 9.34. The minimum absolute atomic E-state index is 0.00406. The summed E-state index contributed by atoms with van der Waals surface area (Å²) >= 11 is 0. The number of aryl methyl sites for hydroxylation is 1. The lowest BCUT2D eigenvalue weighted by Crippen LogP contribution is -2.29. The first-order chi connectivity index (χ1) is 10.00. The maximum Gasteiger partial charge on any atom is 0.0663 e. The van der Waals surface area contributed by atoms with Crippen molar-refractivity contribution >= 4 is 0 Å². The third-order valence-electron chi connectivity index (χ3n) is 4.74. The van der Waals surface area contributed by atoms with Crippen molar-refractivity contribution in [3.63, 3.8) is 0 Å². The van der Waals surface area contributed by atoms with Gasteiger partial charge < -0.3 is 10.5 Å². The Kier molecular flexibility index (Phi) is 5.83. The van der Waals surface area contributed by atoms with Crippen LogP contribution in [0.15, 0.2) is 24.3 Å². The topological polar surface area (TPSA) is 35.2 Å². The molecule has 1 aromatic carbocycles. The molecular weight excluding hydrogens is 258 g/mol. The second-order valence-corrected chi connectivity index (χ2v) is 7.29. The summed E-state index contributed by atoms with van der Waals surface area (Å²) in [7, 11) is 0. The molecule has 0 amide bonds. The number of rotatable bonds is 6. The molecule has 1 aromatic rings. The van der Waals surface area contributed by atoms with Crippen molar-refractivity contribution in [1.29, 1.82) is 0 Å². The van der Waals surface area contributed by atoms with E-state index >= 15 is 0 Å². The van der Waals surface area contributed by atoms with Gasteiger partial charge in [0.05, 0.1) is 18.8 Å². The average molecular weight is 289 g/mol. The summed E-state index contributed by atoms with van der Waals surface area (Å²) in [5, 5.41) is 0. The van der Waals surface area contributed by atoms with Crippen LogP contribution in [0.3, 0.4) is 0 Å².